The minimum absolute atomic E-state index is 0.129. The van der Waals surface area contributed by atoms with Gasteiger partial charge in [-0.2, -0.15) is 0 Å². The number of nitrogens with one attached hydrogen (secondary N) is 2. The summed E-state index contributed by atoms with van der Waals surface area (Å²) in [6, 6.07) is 12.5. The monoisotopic (exact) mass is 329 g/mol. The lowest BCUT2D eigenvalue weighted by molar-refractivity contribution is 0.0827. The van der Waals surface area contributed by atoms with Crippen LogP contribution in [0.3, 0.4) is 0 Å². The maximum Gasteiger partial charge on any atom is 0.319 e. The van der Waals surface area contributed by atoms with Crippen LogP contribution in [0.2, 0.25) is 0 Å². The Hall–Kier alpha value is -2.89. The van der Waals surface area contributed by atoms with Crippen LogP contribution in [-0.2, 0) is 6.42 Å². The third kappa shape index (κ3) is 5.08. The Balaban J connectivity index is 1.85. The molecule has 6 heteroatoms. The van der Waals surface area contributed by atoms with Gasteiger partial charge in [-0.3, -0.25) is 4.79 Å². The minimum Gasteiger partial charge on any atom is -0.345 e. The Kier molecular flexibility index (Phi) is 5.89. The highest BCUT2D eigenvalue weighted by atomic mass is 19.1. The van der Waals surface area contributed by atoms with E-state index in [1.165, 1.54) is 17.0 Å². The summed E-state index contributed by atoms with van der Waals surface area (Å²) in [5, 5.41) is 5.42. The summed E-state index contributed by atoms with van der Waals surface area (Å²) in [5.74, 6) is -0.410. The maximum atomic E-state index is 12.8. The summed E-state index contributed by atoms with van der Waals surface area (Å²) in [5.41, 5.74) is 1.99. The van der Waals surface area contributed by atoms with Gasteiger partial charge in [-0.25, -0.2) is 9.18 Å². The van der Waals surface area contributed by atoms with Crippen LogP contribution in [0.25, 0.3) is 0 Å². The van der Waals surface area contributed by atoms with Crippen molar-refractivity contribution in [2.75, 3.05) is 26.0 Å². The molecule has 2 rings (SSSR count). The van der Waals surface area contributed by atoms with Crippen LogP contribution in [-0.4, -0.2) is 37.5 Å². The van der Waals surface area contributed by atoms with Crippen LogP contribution in [0.1, 0.15) is 15.9 Å². The molecular weight excluding hydrogens is 309 g/mol. The number of benzene rings is 2. The Bertz CT molecular complexity index is 714. The topological polar surface area (TPSA) is 61.4 Å². The van der Waals surface area contributed by atoms with E-state index < -0.39 is 0 Å². The van der Waals surface area contributed by atoms with Crippen molar-refractivity contribution in [1.82, 2.24) is 10.2 Å². The number of carbonyl (C=O) groups is 2. The fourth-order valence-corrected chi connectivity index (χ4v) is 2.13. The van der Waals surface area contributed by atoms with Gasteiger partial charge in [0.05, 0.1) is 0 Å². The molecule has 3 amide bonds. The molecule has 0 unspecified atom stereocenters. The van der Waals surface area contributed by atoms with Crippen molar-refractivity contribution >= 4 is 17.6 Å². The average molecular weight is 329 g/mol. The molecule has 0 saturated carbocycles. The second-order valence-electron chi connectivity index (χ2n) is 5.54. The van der Waals surface area contributed by atoms with Crippen molar-refractivity contribution in [3.05, 3.63) is 65.5 Å². The lowest BCUT2D eigenvalue weighted by atomic mass is 10.1. The highest BCUT2D eigenvalue weighted by molar-refractivity contribution is 5.96. The molecule has 0 heterocycles. The molecular formula is C18H20FN3O2. The molecule has 0 atom stereocenters. The van der Waals surface area contributed by atoms with Crippen LogP contribution in [0.4, 0.5) is 14.9 Å². The SMILES string of the molecule is CN(C)C(=O)c1cccc(NC(=O)NCCc2ccc(F)cc2)c1. The van der Waals surface area contributed by atoms with Crippen molar-refractivity contribution in [2.45, 2.75) is 6.42 Å². The second-order valence-corrected chi connectivity index (χ2v) is 5.54. The molecule has 0 fully saturated rings. The fourth-order valence-electron chi connectivity index (χ4n) is 2.13. The fraction of sp³-hybridized carbons (Fsp3) is 0.222. The van der Waals surface area contributed by atoms with Gasteiger partial charge in [0.15, 0.2) is 0 Å². The lowest BCUT2D eigenvalue weighted by Crippen LogP contribution is -2.30. The summed E-state index contributed by atoms with van der Waals surface area (Å²) in [7, 11) is 3.34. The summed E-state index contributed by atoms with van der Waals surface area (Å²) in [6.07, 6.45) is 0.604. The van der Waals surface area contributed by atoms with Gasteiger partial charge in [-0.15, -0.1) is 0 Å². The average Bonchev–Trinajstić information content (AvgIpc) is 2.56. The summed E-state index contributed by atoms with van der Waals surface area (Å²) in [4.78, 5) is 25.3. The number of carbonyl (C=O) groups excluding carboxylic acids is 2. The molecule has 0 spiro atoms. The van der Waals surface area contributed by atoms with Crippen molar-refractivity contribution in [3.8, 4) is 0 Å². The molecule has 2 N–H and O–H groups in total. The molecule has 126 valence electrons. The quantitative estimate of drug-likeness (QED) is 0.886. The van der Waals surface area contributed by atoms with Gasteiger partial charge in [0.2, 0.25) is 0 Å². The van der Waals surface area contributed by atoms with Gasteiger partial charge in [-0.1, -0.05) is 18.2 Å². The minimum atomic E-state index is -0.355. The smallest absolute Gasteiger partial charge is 0.319 e. The zero-order valence-electron chi connectivity index (χ0n) is 13.7. The number of amides is 3. The highest BCUT2D eigenvalue weighted by Crippen LogP contribution is 2.12. The molecule has 0 aliphatic heterocycles. The maximum absolute atomic E-state index is 12.8. The van der Waals surface area contributed by atoms with Gasteiger partial charge in [-0.05, 0) is 42.3 Å². The van der Waals surface area contributed by atoms with E-state index in [9.17, 15) is 14.0 Å². The van der Waals surface area contributed by atoms with Crippen LogP contribution in [0.5, 0.6) is 0 Å². The zero-order chi connectivity index (χ0) is 17.5. The first-order valence-corrected chi connectivity index (χ1v) is 7.57. The number of hydrogen-bond donors (Lipinski definition) is 2. The summed E-state index contributed by atoms with van der Waals surface area (Å²) < 4.78 is 12.8. The molecule has 0 aromatic heterocycles. The van der Waals surface area contributed by atoms with E-state index in [2.05, 4.69) is 10.6 Å². The van der Waals surface area contributed by atoms with Crippen LogP contribution >= 0.6 is 0 Å². The first-order valence-electron chi connectivity index (χ1n) is 7.57. The molecule has 0 bridgehead atoms. The van der Waals surface area contributed by atoms with Crippen LogP contribution in [0, 0.1) is 5.82 Å². The molecule has 0 saturated heterocycles. The zero-order valence-corrected chi connectivity index (χ0v) is 13.7. The van der Waals surface area contributed by atoms with Gasteiger partial charge >= 0.3 is 6.03 Å². The van der Waals surface area contributed by atoms with E-state index in [0.29, 0.717) is 24.2 Å². The Morgan fingerprint density at radius 3 is 2.46 bits per heavy atom. The molecule has 24 heavy (non-hydrogen) atoms. The number of anilines is 1. The first kappa shape index (κ1) is 17.5. The van der Waals surface area contributed by atoms with Crippen molar-refractivity contribution in [3.63, 3.8) is 0 Å². The Labute approximate surface area is 140 Å². The number of halogens is 1. The highest BCUT2D eigenvalue weighted by Gasteiger charge is 2.09. The largest absolute Gasteiger partial charge is 0.345 e. The van der Waals surface area contributed by atoms with Gasteiger partial charge < -0.3 is 15.5 Å². The first-order chi connectivity index (χ1) is 11.5. The lowest BCUT2D eigenvalue weighted by Gasteiger charge is -2.12. The van der Waals surface area contributed by atoms with Gasteiger partial charge in [0.25, 0.3) is 5.91 Å². The number of hydrogen-bond acceptors (Lipinski definition) is 2. The van der Waals surface area contributed by atoms with E-state index in [0.717, 1.165) is 5.56 Å². The number of nitrogens with zero attached hydrogens (tertiary/aromatic N) is 1. The van der Waals surface area contributed by atoms with Crippen LogP contribution in [0.15, 0.2) is 48.5 Å². The third-order valence-corrected chi connectivity index (χ3v) is 3.39. The van der Waals surface area contributed by atoms with Crippen molar-refractivity contribution in [2.24, 2.45) is 0 Å². The van der Waals surface area contributed by atoms with Gasteiger partial charge in [0.1, 0.15) is 5.82 Å². The second kappa shape index (κ2) is 8.10. The van der Waals surface area contributed by atoms with Crippen molar-refractivity contribution in [1.29, 1.82) is 0 Å². The standard InChI is InChI=1S/C18H20FN3O2/c1-22(2)17(23)14-4-3-5-16(12-14)21-18(24)20-11-10-13-6-8-15(19)9-7-13/h3-9,12H,10-11H2,1-2H3,(H2,20,21,24). The van der Waals surface area contributed by atoms with E-state index in [1.807, 2.05) is 0 Å². The predicted molar refractivity (Wildman–Crippen MR) is 91.6 cm³/mol. The van der Waals surface area contributed by atoms with Crippen LogP contribution < -0.4 is 10.6 Å². The molecule has 2 aromatic rings. The molecule has 0 radical (unpaired) electrons. The normalized spacial score (nSPS) is 10.1. The van der Waals surface area contributed by atoms with E-state index in [-0.39, 0.29) is 17.8 Å². The third-order valence-electron chi connectivity index (χ3n) is 3.39. The molecule has 0 aliphatic rings. The molecule has 2 aromatic carbocycles. The van der Waals surface area contributed by atoms with E-state index in [1.54, 1.807) is 50.5 Å². The van der Waals surface area contributed by atoms with E-state index in [4.69, 9.17) is 0 Å². The predicted octanol–water partition coefficient (Wildman–Crippen LogP) is 2.89. The molecule has 5 nitrogen and oxygen atoms in total. The number of urea groups is 1. The van der Waals surface area contributed by atoms with Gasteiger partial charge in [0, 0.05) is 31.9 Å². The van der Waals surface area contributed by atoms with E-state index >= 15 is 0 Å². The molecule has 0 aliphatic carbocycles. The number of rotatable bonds is 5. The van der Waals surface area contributed by atoms with Crippen molar-refractivity contribution < 1.29 is 14.0 Å². The summed E-state index contributed by atoms with van der Waals surface area (Å²) in [6.45, 7) is 0.424. The summed E-state index contributed by atoms with van der Waals surface area (Å²) >= 11 is 0. The Morgan fingerprint density at radius 2 is 1.79 bits per heavy atom. The Morgan fingerprint density at radius 1 is 1.08 bits per heavy atom.